The maximum atomic E-state index is 11.3. The molecule has 2 rings (SSSR count). The summed E-state index contributed by atoms with van der Waals surface area (Å²) < 4.78 is 0. The molecule has 29 heavy (non-hydrogen) atoms. The molecule has 0 aromatic heterocycles. The number of rotatable bonds is 2. The molecule has 2 aliphatic rings. The number of ketones is 2. The monoisotopic (exact) mass is 725 g/mol. The summed E-state index contributed by atoms with van der Waals surface area (Å²) in [5.74, 6) is 1.86. The molecule has 0 aromatic rings. The van der Waals surface area contributed by atoms with E-state index in [-0.39, 0.29) is 53.7 Å². The zero-order chi connectivity index (χ0) is 19.6. The molecule has 0 spiro atoms. The van der Waals surface area contributed by atoms with Crippen LogP contribution < -0.4 is 0 Å². The number of halogens is 2. The molecule has 173 valence electrons. The van der Waals surface area contributed by atoms with E-state index in [9.17, 15) is 9.59 Å². The van der Waals surface area contributed by atoms with E-state index in [2.05, 4.69) is 53.1 Å². The third kappa shape index (κ3) is 17.8. The zero-order valence-electron chi connectivity index (χ0n) is 17.3. The van der Waals surface area contributed by atoms with Gasteiger partial charge in [-0.3, -0.25) is 9.59 Å². The number of carbonyl (C=O) groups excluding carboxylic acids is 2. The number of Topliss-reactive ketones (excluding diaryl/α,β-unsaturated/α-hetero) is 2. The van der Waals surface area contributed by atoms with Gasteiger partial charge in [-0.1, -0.05) is 44.7 Å². The summed E-state index contributed by atoms with van der Waals surface area (Å²) in [6.45, 7) is 15.7. The van der Waals surface area contributed by atoms with E-state index >= 15 is 0 Å². The van der Waals surface area contributed by atoms with Crippen LogP contribution in [0.25, 0.3) is 0 Å². The van der Waals surface area contributed by atoms with Crippen LogP contribution in [-0.4, -0.2) is 11.6 Å². The topological polar surface area (TPSA) is 34.1 Å². The fourth-order valence-corrected chi connectivity index (χ4v) is 2.86. The molecule has 0 heterocycles. The van der Waals surface area contributed by atoms with Crippen LogP contribution in [0.4, 0.5) is 0 Å². The molecule has 0 aliphatic heterocycles. The Labute approximate surface area is 229 Å². The third-order valence-corrected chi connectivity index (χ3v) is 4.92. The summed E-state index contributed by atoms with van der Waals surface area (Å²) in [5, 5.41) is 0. The van der Waals surface area contributed by atoms with Crippen molar-refractivity contribution < 1.29 is 19.1 Å². The second kappa shape index (κ2) is 22.8. The quantitative estimate of drug-likeness (QED) is 0.215. The zero-order valence-corrected chi connectivity index (χ0v) is 26.0. The van der Waals surface area contributed by atoms with Crippen molar-refractivity contribution in [1.29, 1.82) is 0 Å². The molecule has 1 saturated carbocycles. The average molecular weight is 726 g/mol. The van der Waals surface area contributed by atoms with Gasteiger partial charge < -0.3 is 0 Å². The van der Waals surface area contributed by atoms with Crippen molar-refractivity contribution >= 4 is 92.0 Å². The standard InChI is InChI=1S/C10H16O.C10H14O.CH4.2HI.3H2S.V/c2*1-7(2)9-5-4-8(3)10(11)6-9;;;;;;;/h8-9H,1,4-6H2,2-3H3;4,9H,1,5-6H2,2-3H3;1H4;2*1H;3*1H2;/q;;;;;;;;+2/p-2/t8-,9+;9-;;;;;;;/m10......./s1. The predicted molar refractivity (Wildman–Crippen MR) is 159 cm³/mol. The molecule has 0 N–H and O–H groups in total. The summed E-state index contributed by atoms with van der Waals surface area (Å²) in [6, 6.07) is 0. The van der Waals surface area contributed by atoms with Crippen LogP contribution in [-0.2, 0) is 19.1 Å². The second-order valence-electron chi connectivity index (χ2n) is 7.05. The van der Waals surface area contributed by atoms with Crippen LogP contribution in [0.15, 0.2) is 36.0 Å². The Morgan fingerprint density at radius 3 is 1.79 bits per heavy atom. The molecule has 0 radical (unpaired) electrons. The Kier molecular flexibility index (Phi) is 32.3. The van der Waals surface area contributed by atoms with E-state index in [0.717, 1.165) is 36.8 Å². The van der Waals surface area contributed by atoms with E-state index in [1.165, 1.54) is 5.57 Å². The Hall–Kier alpha value is 1.65. The van der Waals surface area contributed by atoms with Crippen molar-refractivity contribution in [1.82, 2.24) is 0 Å². The second-order valence-corrected chi connectivity index (χ2v) is 18.8. The summed E-state index contributed by atoms with van der Waals surface area (Å²) in [7, 11) is 0.628. The SMILES string of the molecule is C.C=C(C)[C@H]1CC=C(C)C(=O)C1.C=C(C)[C@H]1CC[C@@H](C)C(=O)C1.S.S.S.[I][V][I]. The first-order valence-corrected chi connectivity index (χ1v) is 17.6. The predicted octanol–water partition coefficient (Wildman–Crippen LogP) is 7.80. The first-order valence-electron chi connectivity index (χ1n) is 8.59. The van der Waals surface area contributed by atoms with Gasteiger partial charge in [-0.25, -0.2) is 0 Å². The van der Waals surface area contributed by atoms with Gasteiger partial charge in [0.2, 0.25) is 0 Å². The van der Waals surface area contributed by atoms with Crippen LogP contribution in [0.1, 0.15) is 67.2 Å². The summed E-state index contributed by atoms with van der Waals surface area (Å²) >= 11 is 4.74. The normalized spacial score (nSPS) is 22.0. The Bertz CT molecular complexity index is 540. The molecule has 3 atom stereocenters. The maximum absolute atomic E-state index is 11.3. The van der Waals surface area contributed by atoms with Gasteiger partial charge in [-0.15, -0.1) is 0 Å². The van der Waals surface area contributed by atoms with Gasteiger partial charge in [0.05, 0.1) is 0 Å². The average Bonchev–Trinajstić information content (AvgIpc) is 2.53. The molecule has 0 amide bonds. The van der Waals surface area contributed by atoms with E-state index in [0.29, 0.717) is 39.4 Å². The first kappa shape index (κ1) is 41.0. The molecular formula is C21H40I2O2S3V. The molecule has 8 heteroatoms. The fraction of sp³-hybridized carbons (Fsp3) is 0.619. The number of carbonyl (C=O) groups is 2. The Morgan fingerprint density at radius 1 is 1.00 bits per heavy atom. The fourth-order valence-electron chi connectivity index (χ4n) is 2.86. The van der Waals surface area contributed by atoms with Crippen LogP contribution in [0.2, 0.25) is 0 Å². The summed E-state index contributed by atoms with van der Waals surface area (Å²) in [4.78, 5) is 22.5. The van der Waals surface area contributed by atoms with Crippen molar-refractivity contribution in [3.05, 3.63) is 36.0 Å². The van der Waals surface area contributed by atoms with Crippen LogP contribution in [0.3, 0.4) is 0 Å². The van der Waals surface area contributed by atoms with Gasteiger partial charge in [0.25, 0.3) is 0 Å². The van der Waals surface area contributed by atoms with Crippen LogP contribution in [0.5, 0.6) is 0 Å². The minimum absolute atomic E-state index is 0. The third-order valence-electron chi connectivity index (χ3n) is 4.92. The molecule has 2 aliphatic carbocycles. The number of hydrogen-bond acceptors (Lipinski definition) is 2. The first-order chi connectivity index (χ1) is 11.6. The Balaban J connectivity index is -0.000000104. The van der Waals surface area contributed by atoms with Gasteiger partial charge in [0.15, 0.2) is 5.78 Å². The molecule has 1 fully saturated rings. The van der Waals surface area contributed by atoms with Crippen molar-refractivity contribution in [3.63, 3.8) is 0 Å². The van der Waals surface area contributed by atoms with Gasteiger partial charge in [0.1, 0.15) is 5.78 Å². The van der Waals surface area contributed by atoms with Crippen molar-refractivity contribution in [3.8, 4) is 0 Å². The van der Waals surface area contributed by atoms with Gasteiger partial charge >= 0.3 is 49.4 Å². The number of hydrogen-bond donors (Lipinski definition) is 0. The van der Waals surface area contributed by atoms with E-state index in [1.54, 1.807) is 0 Å². The molecule has 0 aromatic carbocycles. The van der Waals surface area contributed by atoms with Crippen LogP contribution >= 0.6 is 80.4 Å². The summed E-state index contributed by atoms with van der Waals surface area (Å²) in [6.07, 6.45) is 6.62. The van der Waals surface area contributed by atoms with E-state index in [4.69, 9.17) is 0 Å². The van der Waals surface area contributed by atoms with Gasteiger partial charge in [-0.05, 0) is 57.4 Å². The Morgan fingerprint density at radius 2 is 1.45 bits per heavy atom. The van der Waals surface area contributed by atoms with Crippen LogP contribution in [0, 0.1) is 17.8 Å². The van der Waals surface area contributed by atoms with Gasteiger partial charge in [-0.2, -0.15) is 40.5 Å². The van der Waals surface area contributed by atoms with E-state index in [1.807, 2.05) is 33.8 Å². The molecule has 2 nitrogen and oxygen atoms in total. The van der Waals surface area contributed by atoms with Gasteiger partial charge in [0, 0.05) is 18.8 Å². The number of allylic oxidation sites excluding steroid dienone is 4. The van der Waals surface area contributed by atoms with Crippen molar-refractivity contribution in [2.45, 2.75) is 67.2 Å². The van der Waals surface area contributed by atoms with E-state index < -0.39 is 0 Å². The summed E-state index contributed by atoms with van der Waals surface area (Å²) in [5.41, 5.74) is 3.22. The molecular weight excluding hydrogens is 685 g/mol. The molecule has 0 bridgehead atoms. The molecule has 0 unspecified atom stereocenters. The van der Waals surface area contributed by atoms with Crippen molar-refractivity contribution in [2.75, 3.05) is 0 Å². The van der Waals surface area contributed by atoms with Crippen molar-refractivity contribution in [2.24, 2.45) is 17.8 Å². The molecule has 0 saturated heterocycles. The minimum atomic E-state index is 0.